The average molecular weight is 231 g/mol. The predicted molar refractivity (Wildman–Crippen MR) is 68.5 cm³/mol. The molecule has 3 rings (SSSR count). The smallest absolute Gasteiger partial charge is 0.0587 e. The molecule has 1 aliphatic heterocycles. The molecule has 0 amide bonds. The minimum atomic E-state index is 0.811. The number of hydrogen-bond acceptors (Lipinski definition) is 2. The van der Waals surface area contributed by atoms with Crippen molar-refractivity contribution in [1.82, 2.24) is 14.7 Å². The summed E-state index contributed by atoms with van der Waals surface area (Å²) in [6.45, 7) is 8.21. The lowest BCUT2D eigenvalue weighted by Crippen LogP contribution is -2.35. The molecule has 2 heterocycles. The minimum Gasteiger partial charge on any atom is -0.298 e. The van der Waals surface area contributed by atoms with Crippen LogP contribution in [0.2, 0.25) is 0 Å². The molecule has 1 aromatic rings. The highest BCUT2D eigenvalue weighted by atomic mass is 15.3. The Kier molecular flexibility index (Phi) is 3.02. The first-order chi connectivity index (χ1) is 8.33. The molecule has 92 valence electrons. The Balaban J connectivity index is 1.60. The van der Waals surface area contributed by atoms with Gasteiger partial charge >= 0.3 is 0 Å². The van der Waals surface area contributed by atoms with Crippen LogP contribution < -0.4 is 0 Å². The second-order valence-electron chi connectivity index (χ2n) is 5.60. The monoisotopic (exact) mass is 231 g/mol. The topological polar surface area (TPSA) is 21.1 Å². The van der Waals surface area contributed by atoms with Crippen molar-refractivity contribution in [2.24, 2.45) is 11.8 Å². The van der Waals surface area contributed by atoms with Crippen molar-refractivity contribution in [2.75, 3.05) is 13.1 Å². The molecule has 2 bridgehead atoms. The SMILES string of the molecule is C=CCn1cc(CN2C[C@@H]3CC[C@@H](C3)C2)cn1. The highest BCUT2D eigenvalue weighted by Gasteiger charge is 2.32. The molecule has 0 radical (unpaired) electrons. The van der Waals surface area contributed by atoms with Gasteiger partial charge in [-0.15, -0.1) is 6.58 Å². The van der Waals surface area contributed by atoms with Gasteiger partial charge in [-0.2, -0.15) is 5.10 Å². The van der Waals surface area contributed by atoms with E-state index < -0.39 is 0 Å². The van der Waals surface area contributed by atoms with Gasteiger partial charge in [-0.1, -0.05) is 6.08 Å². The van der Waals surface area contributed by atoms with E-state index in [-0.39, 0.29) is 0 Å². The molecule has 3 heteroatoms. The lowest BCUT2D eigenvalue weighted by atomic mass is 9.99. The van der Waals surface area contributed by atoms with Crippen molar-refractivity contribution < 1.29 is 0 Å². The van der Waals surface area contributed by atoms with Crippen molar-refractivity contribution >= 4 is 0 Å². The van der Waals surface area contributed by atoms with Gasteiger partial charge in [0.2, 0.25) is 0 Å². The summed E-state index contributed by atoms with van der Waals surface area (Å²) in [7, 11) is 0. The second-order valence-corrected chi connectivity index (χ2v) is 5.60. The summed E-state index contributed by atoms with van der Waals surface area (Å²) in [5, 5.41) is 4.34. The van der Waals surface area contributed by atoms with Crippen LogP contribution in [0.1, 0.15) is 24.8 Å². The van der Waals surface area contributed by atoms with E-state index in [9.17, 15) is 0 Å². The van der Waals surface area contributed by atoms with E-state index in [1.165, 1.54) is 37.9 Å². The van der Waals surface area contributed by atoms with E-state index in [2.05, 4.69) is 22.8 Å². The van der Waals surface area contributed by atoms with Gasteiger partial charge < -0.3 is 0 Å². The van der Waals surface area contributed by atoms with Crippen molar-refractivity contribution in [3.05, 3.63) is 30.6 Å². The third kappa shape index (κ3) is 2.44. The molecular formula is C14H21N3. The second kappa shape index (κ2) is 4.65. The van der Waals surface area contributed by atoms with Crippen LogP contribution in [0.25, 0.3) is 0 Å². The van der Waals surface area contributed by atoms with E-state index in [1.807, 2.05) is 17.0 Å². The maximum Gasteiger partial charge on any atom is 0.0587 e. The number of fused-ring (bicyclic) bond motifs is 2. The Morgan fingerprint density at radius 2 is 2.12 bits per heavy atom. The first-order valence-corrected chi connectivity index (χ1v) is 6.68. The Labute approximate surface area is 103 Å². The highest BCUT2D eigenvalue weighted by Crippen LogP contribution is 2.36. The molecular weight excluding hydrogens is 210 g/mol. The van der Waals surface area contributed by atoms with Crippen LogP contribution in [0.3, 0.4) is 0 Å². The van der Waals surface area contributed by atoms with Crippen LogP contribution in [0.15, 0.2) is 25.0 Å². The van der Waals surface area contributed by atoms with Gasteiger partial charge in [0.1, 0.15) is 0 Å². The van der Waals surface area contributed by atoms with Gasteiger partial charge in [0.05, 0.1) is 12.7 Å². The molecule has 2 fully saturated rings. The number of hydrogen-bond donors (Lipinski definition) is 0. The Morgan fingerprint density at radius 3 is 2.82 bits per heavy atom. The summed E-state index contributed by atoms with van der Waals surface area (Å²) in [6.07, 6.45) is 10.4. The number of rotatable bonds is 4. The summed E-state index contributed by atoms with van der Waals surface area (Å²) in [6, 6.07) is 0. The first-order valence-electron chi connectivity index (χ1n) is 6.68. The molecule has 0 unspecified atom stereocenters. The maximum absolute atomic E-state index is 4.34. The third-order valence-electron chi connectivity index (χ3n) is 4.09. The van der Waals surface area contributed by atoms with Crippen molar-refractivity contribution in [1.29, 1.82) is 0 Å². The largest absolute Gasteiger partial charge is 0.298 e. The zero-order valence-electron chi connectivity index (χ0n) is 10.4. The number of piperidine rings is 1. The van der Waals surface area contributed by atoms with Gasteiger partial charge in [0, 0.05) is 31.4 Å². The number of aromatic nitrogens is 2. The normalized spacial score (nSPS) is 28.5. The summed E-state index contributed by atoms with van der Waals surface area (Å²) in [5.41, 5.74) is 1.34. The molecule has 17 heavy (non-hydrogen) atoms. The van der Waals surface area contributed by atoms with Crippen molar-refractivity contribution in [3.63, 3.8) is 0 Å². The van der Waals surface area contributed by atoms with E-state index in [4.69, 9.17) is 0 Å². The van der Waals surface area contributed by atoms with Gasteiger partial charge in [-0.05, 0) is 31.1 Å². The van der Waals surface area contributed by atoms with Crippen LogP contribution in [0.4, 0.5) is 0 Å². The van der Waals surface area contributed by atoms with Gasteiger partial charge in [-0.3, -0.25) is 9.58 Å². The number of allylic oxidation sites excluding steroid dienone is 1. The molecule has 3 nitrogen and oxygen atoms in total. The van der Waals surface area contributed by atoms with Crippen LogP contribution in [-0.2, 0) is 13.1 Å². The third-order valence-corrected chi connectivity index (χ3v) is 4.09. The molecule has 2 aliphatic rings. The summed E-state index contributed by atoms with van der Waals surface area (Å²) < 4.78 is 1.96. The fraction of sp³-hybridized carbons (Fsp3) is 0.643. The molecule has 1 saturated heterocycles. The fourth-order valence-electron chi connectivity index (χ4n) is 3.42. The van der Waals surface area contributed by atoms with Crippen LogP contribution in [0, 0.1) is 11.8 Å². The zero-order valence-corrected chi connectivity index (χ0v) is 10.4. The lowest BCUT2D eigenvalue weighted by Gasteiger charge is -2.31. The van der Waals surface area contributed by atoms with E-state index in [1.54, 1.807) is 0 Å². The molecule has 1 aromatic heterocycles. The van der Waals surface area contributed by atoms with Crippen LogP contribution in [-0.4, -0.2) is 27.8 Å². The number of likely N-dealkylation sites (tertiary alicyclic amines) is 1. The van der Waals surface area contributed by atoms with E-state index >= 15 is 0 Å². The predicted octanol–water partition coefficient (Wildman–Crippen LogP) is 2.30. The van der Waals surface area contributed by atoms with Gasteiger partial charge in [0.15, 0.2) is 0 Å². The van der Waals surface area contributed by atoms with E-state index in [0.717, 1.165) is 24.9 Å². The molecule has 1 aliphatic carbocycles. The van der Waals surface area contributed by atoms with Crippen molar-refractivity contribution in [2.45, 2.75) is 32.4 Å². The van der Waals surface area contributed by atoms with Gasteiger partial charge in [0.25, 0.3) is 0 Å². The first kappa shape index (κ1) is 11.0. The maximum atomic E-state index is 4.34. The quantitative estimate of drug-likeness (QED) is 0.741. The minimum absolute atomic E-state index is 0.811. The standard InChI is InChI=1S/C14H21N3/c1-2-5-17-11-14(7-15-17)10-16-8-12-3-4-13(6-12)9-16/h2,7,11-13H,1,3-6,8-10H2/t12-,13+. The van der Waals surface area contributed by atoms with Crippen molar-refractivity contribution in [3.8, 4) is 0 Å². The van der Waals surface area contributed by atoms with Crippen LogP contribution in [0.5, 0.6) is 0 Å². The molecule has 0 spiro atoms. The molecule has 0 aromatic carbocycles. The molecule has 0 N–H and O–H groups in total. The Morgan fingerprint density at radius 1 is 1.35 bits per heavy atom. The van der Waals surface area contributed by atoms with Gasteiger partial charge in [-0.25, -0.2) is 0 Å². The summed E-state index contributed by atoms with van der Waals surface area (Å²) >= 11 is 0. The number of nitrogens with zero attached hydrogens (tertiary/aromatic N) is 3. The van der Waals surface area contributed by atoms with E-state index in [0.29, 0.717) is 0 Å². The Hall–Kier alpha value is -1.09. The average Bonchev–Trinajstić information content (AvgIpc) is 2.87. The highest BCUT2D eigenvalue weighted by molar-refractivity contribution is 5.05. The molecule has 2 atom stereocenters. The molecule has 1 saturated carbocycles. The fourth-order valence-corrected chi connectivity index (χ4v) is 3.42. The summed E-state index contributed by atoms with van der Waals surface area (Å²) in [4.78, 5) is 2.61. The Bertz CT molecular complexity index is 384. The lowest BCUT2D eigenvalue weighted by molar-refractivity contribution is 0.161. The zero-order chi connectivity index (χ0) is 11.7. The van der Waals surface area contributed by atoms with Crippen LogP contribution >= 0.6 is 0 Å². The summed E-state index contributed by atoms with van der Waals surface area (Å²) in [5.74, 6) is 1.94.